The van der Waals surface area contributed by atoms with Gasteiger partial charge in [0, 0.05) is 39.2 Å². The highest BCUT2D eigenvalue weighted by molar-refractivity contribution is 7.91. The van der Waals surface area contributed by atoms with Crippen LogP contribution in [0.5, 0.6) is 0 Å². The third kappa shape index (κ3) is 7.34. The fraction of sp³-hybridized carbons (Fsp3) is 0.375. The molecule has 2 aromatic rings. The summed E-state index contributed by atoms with van der Waals surface area (Å²) in [5, 5.41) is 10.0. The highest BCUT2D eigenvalue weighted by Gasteiger charge is 2.38. The Bertz CT molecular complexity index is 904. The molecule has 2 heterocycles. The molecule has 2 aromatic heterocycles. The molecule has 0 bridgehead atoms. The van der Waals surface area contributed by atoms with E-state index in [-0.39, 0.29) is 0 Å². The van der Waals surface area contributed by atoms with E-state index in [9.17, 15) is 21.6 Å². The molecule has 2 rings (SSSR count). The van der Waals surface area contributed by atoms with Gasteiger partial charge in [0.25, 0.3) is 0 Å². The van der Waals surface area contributed by atoms with E-state index in [1.165, 1.54) is 20.7 Å². The molecular weight excluding hydrogens is 437 g/mol. The number of sulfonamides is 1. The minimum absolute atomic E-state index is 0.329. The maximum atomic E-state index is 12.2. The quantitative estimate of drug-likeness (QED) is 0.675. The van der Waals surface area contributed by atoms with Gasteiger partial charge in [-0.3, -0.25) is 0 Å². The van der Waals surface area contributed by atoms with Gasteiger partial charge in [-0.15, -0.1) is 11.3 Å². The lowest BCUT2D eigenvalue weighted by Gasteiger charge is -2.19. The number of alkyl halides is 3. The standard InChI is InChI=1S/C14H18N2O2S3.C2HF3O2/c1-4-13-6-7-14(20-13)9-16(21(17,18)5-2)8-12-10-19-15-11(12)3;3-2(4,5)1(6)7/h5-7,10H,2,4,8-9H2,1,3H3;(H,6,7). The zero-order chi connectivity index (χ0) is 21.5. The third-order valence-electron chi connectivity index (χ3n) is 3.41. The molecular formula is C16H19F3N2O4S3. The Labute approximate surface area is 169 Å². The van der Waals surface area contributed by atoms with Crippen molar-refractivity contribution in [2.45, 2.75) is 39.5 Å². The summed E-state index contributed by atoms with van der Waals surface area (Å²) in [4.78, 5) is 11.2. The van der Waals surface area contributed by atoms with Crippen LogP contribution in [0.4, 0.5) is 13.2 Å². The van der Waals surface area contributed by atoms with Crippen molar-refractivity contribution in [1.82, 2.24) is 8.68 Å². The molecule has 0 amide bonds. The van der Waals surface area contributed by atoms with Crippen LogP contribution in [0.1, 0.15) is 27.9 Å². The Kier molecular flexibility index (Phi) is 8.79. The fourth-order valence-electron chi connectivity index (χ4n) is 1.87. The van der Waals surface area contributed by atoms with Crippen LogP contribution >= 0.6 is 22.9 Å². The van der Waals surface area contributed by atoms with Gasteiger partial charge in [-0.05, 0) is 37.0 Å². The maximum absolute atomic E-state index is 12.2. The minimum Gasteiger partial charge on any atom is -0.475 e. The second-order valence-corrected chi connectivity index (χ2v) is 9.19. The average molecular weight is 457 g/mol. The molecule has 0 aromatic carbocycles. The minimum atomic E-state index is -5.08. The monoisotopic (exact) mass is 456 g/mol. The lowest BCUT2D eigenvalue weighted by molar-refractivity contribution is -0.192. The van der Waals surface area contributed by atoms with Crippen LogP contribution in [0.25, 0.3) is 0 Å². The van der Waals surface area contributed by atoms with Gasteiger partial charge in [0.05, 0.1) is 5.69 Å². The van der Waals surface area contributed by atoms with Gasteiger partial charge in [-0.25, -0.2) is 13.2 Å². The molecule has 0 saturated heterocycles. The second-order valence-electron chi connectivity index (χ2n) is 5.43. The molecule has 6 nitrogen and oxygen atoms in total. The van der Waals surface area contributed by atoms with Crippen molar-refractivity contribution in [1.29, 1.82) is 0 Å². The fourth-order valence-corrected chi connectivity index (χ4v) is 4.47. The smallest absolute Gasteiger partial charge is 0.475 e. The third-order valence-corrected chi connectivity index (χ3v) is 6.79. The molecule has 0 spiro atoms. The molecule has 156 valence electrons. The van der Waals surface area contributed by atoms with E-state index in [1.54, 1.807) is 11.3 Å². The molecule has 0 unspecified atom stereocenters. The van der Waals surface area contributed by atoms with Crippen LogP contribution in [0.15, 0.2) is 29.5 Å². The van der Waals surface area contributed by atoms with Crippen molar-refractivity contribution < 1.29 is 31.5 Å². The molecule has 1 N–H and O–H groups in total. The van der Waals surface area contributed by atoms with E-state index in [0.29, 0.717) is 13.1 Å². The summed E-state index contributed by atoms with van der Waals surface area (Å²) >= 11 is 3.00. The predicted molar refractivity (Wildman–Crippen MR) is 103 cm³/mol. The van der Waals surface area contributed by atoms with Gasteiger partial charge in [-0.1, -0.05) is 13.5 Å². The maximum Gasteiger partial charge on any atom is 0.490 e. The van der Waals surface area contributed by atoms with Gasteiger partial charge < -0.3 is 5.11 Å². The molecule has 0 radical (unpaired) electrons. The number of aromatic nitrogens is 1. The largest absolute Gasteiger partial charge is 0.490 e. The number of aliphatic carboxylic acids is 1. The molecule has 28 heavy (non-hydrogen) atoms. The summed E-state index contributed by atoms with van der Waals surface area (Å²) < 4.78 is 61.8. The van der Waals surface area contributed by atoms with Gasteiger partial charge in [0.1, 0.15) is 0 Å². The van der Waals surface area contributed by atoms with Crippen LogP contribution < -0.4 is 0 Å². The summed E-state index contributed by atoms with van der Waals surface area (Å²) in [6.07, 6.45) is -4.12. The second kappa shape index (κ2) is 10.1. The zero-order valence-electron chi connectivity index (χ0n) is 15.1. The first kappa shape index (κ1) is 24.3. The number of hydrogen-bond acceptors (Lipinski definition) is 6. The number of nitrogens with zero attached hydrogens (tertiary/aromatic N) is 2. The molecule has 0 saturated carbocycles. The van der Waals surface area contributed by atoms with Crippen LogP contribution in [0, 0.1) is 6.92 Å². The van der Waals surface area contributed by atoms with Gasteiger partial charge >= 0.3 is 12.1 Å². The molecule has 0 fully saturated rings. The zero-order valence-corrected chi connectivity index (χ0v) is 17.5. The first-order chi connectivity index (χ1) is 12.9. The van der Waals surface area contributed by atoms with E-state index in [0.717, 1.165) is 28.0 Å². The van der Waals surface area contributed by atoms with Crippen molar-refractivity contribution in [2.24, 2.45) is 0 Å². The number of carboxylic acid groups (broad SMARTS) is 1. The highest BCUT2D eigenvalue weighted by Crippen LogP contribution is 2.23. The number of rotatable bonds is 7. The van der Waals surface area contributed by atoms with E-state index >= 15 is 0 Å². The van der Waals surface area contributed by atoms with Gasteiger partial charge in [0.15, 0.2) is 0 Å². The number of halogens is 3. The molecule has 0 atom stereocenters. The van der Waals surface area contributed by atoms with Crippen molar-refractivity contribution in [3.63, 3.8) is 0 Å². The molecule has 0 aliphatic carbocycles. The number of aryl methyl sites for hydroxylation is 2. The number of carboxylic acids is 1. The number of thiophene rings is 1. The predicted octanol–water partition coefficient (Wildman–Crippen LogP) is 4.18. The van der Waals surface area contributed by atoms with E-state index in [1.807, 2.05) is 18.4 Å². The van der Waals surface area contributed by atoms with Crippen molar-refractivity contribution in [3.8, 4) is 0 Å². The Morgan fingerprint density at radius 3 is 2.29 bits per heavy atom. The van der Waals surface area contributed by atoms with Crippen LogP contribution in [0.2, 0.25) is 0 Å². The van der Waals surface area contributed by atoms with Crippen molar-refractivity contribution in [3.05, 3.63) is 50.5 Å². The first-order valence-corrected chi connectivity index (χ1v) is 11.0. The number of hydrogen-bond donors (Lipinski definition) is 1. The topological polar surface area (TPSA) is 87.6 Å². The Morgan fingerprint density at radius 2 is 1.89 bits per heavy atom. The lowest BCUT2D eigenvalue weighted by atomic mass is 10.2. The SMILES string of the molecule is C=CS(=O)(=O)N(Cc1ccc(CC)s1)Cc1csnc1C.O=C(O)C(F)(F)F. The number of carbonyl (C=O) groups is 1. The summed E-state index contributed by atoms with van der Waals surface area (Å²) in [7, 11) is -3.47. The molecule has 0 aliphatic rings. The summed E-state index contributed by atoms with van der Waals surface area (Å²) in [6, 6.07) is 4.05. The van der Waals surface area contributed by atoms with Crippen LogP contribution in [0.3, 0.4) is 0 Å². The molecule has 0 aliphatic heterocycles. The van der Waals surface area contributed by atoms with E-state index < -0.39 is 22.2 Å². The van der Waals surface area contributed by atoms with Crippen LogP contribution in [-0.4, -0.2) is 34.3 Å². The Hall–Kier alpha value is -1.76. The highest BCUT2D eigenvalue weighted by atomic mass is 32.2. The van der Waals surface area contributed by atoms with Crippen LogP contribution in [-0.2, 0) is 34.3 Å². The van der Waals surface area contributed by atoms with Gasteiger partial charge in [0.2, 0.25) is 10.0 Å². The normalized spacial score (nSPS) is 11.8. The Balaban J connectivity index is 0.000000480. The average Bonchev–Trinajstić information content (AvgIpc) is 3.23. The van der Waals surface area contributed by atoms with E-state index in [4.69, 9.17) is 9.90 Å². The van der Waals surface area contributed by atoms with Gasteiger partial charge in [-0.2, -0.15) is 21.9 Å². The van der Waals surface area contributed by atoms with Crippen molar-refractivity contribution >= 4 is 38.9 Å². The summed E-state index contributed by atoms with van der Waals surface area (Å²) in [6.45, 7) is 8.11. The Morgan fingerprint density at radius 1 is 1.32 bits per heavy atom. The summed E-state index contributed by atoms with van der Waals surface area (Å²) in [5.74, 6) is -2.76. The summed E-state index contributed by atoms with van der Waals surface area (Å²) in [5.41, 5.74) is 1.82. The lowest BCUT2D eigenvalue weighted by Crippen LogP contribution is -2.28. The first-order valence-electron chi connectivity index (χ1n) is 7.80. The molecule has 12 heteroatoms. The van der Waals surface area contributed by atoms with E-state index in [2.05, 4.69) is 23.9 Å². The van der Waals surface area contributed by atoms with Crippen molar-refractivity contribution in [2.75, 3.05) is 0 Å².